The van der Waals surface area contributed by atoms with Crippen molar-refractivity contribution in [1.82, 2.24) is 4.57 Å². The summed E-state index contributed by atoms with van der Waals surface area (Å²) in [5, 5.41) is 12.3. The number of rotatable bonds is 8. The number of nitro groups is 1. The number of aryl methyl sites for hydroxylation is 1. The topological polar surface area (TPSA) is 105 Å². The number of benzene rings is 4. The van der Waals surface area contributed by atoms with Gasteiger partial charge in [0.25, 0.3) is 11.2 Å². The van der Waals surface area contributed by atoms with Crippen LogP contribution in [0.2, 0.25) is 0 Å². The standard InChI is InChI=1S/C36H29N3O6S/c1-43-26-13-8-12-24(17-26)34-28-16-15-23-11-6-7-14-27(23)33(28)37-36-38(34)35(40)32(46-36)19-25-18-30(44-2)31(20-29(25)39(41)42)45-21-22-9-4-3-5-10-22/h3-14,17-20,34H,15-16,21H2,1-2H3/b32-19+/t34-/m0/s1. The summed E-state index contributed by atoms with van der Waals surface area (Å²) in [6.07, 6.45) is 3.12. The molecule has 0 bridgehead atoms. The van der Waals surface area contributed by atoms with E-state index in [-0.39, 0.29) is 29.2 Å². The lowest BCUT2D eigenvalue weighted by Gasteiger charge is -2.31. The molecule has 4 aromatic carbocycles. The molecule has 2 aliphatic rings. The zero-order valence-electron chi connectivity index (χ0n) is 25.1. The van der Waals surface area contributed by atoms with Gasteiger partial charge in [-0.15, -0.1) is 0 Å². The maximum Gasteiger partial charge on any atom is 0.280 e. The normalized spacial score (nSPS) is 15.3. The molecule has 1 atom stereocenters. The summed E-state index contributed by atoms with van der Waals surface area (Å²) in [4.78, 5) is 31.6. The van der Waals surface area contributed by atoms with E-state index in [4.69, 9.17) is 19.2 Å². The zero-order valence-corrected chi connectivity index (χ0v) is 26.0. The molecule has 0 saturated heterocycles. The number of aromatic nitrogens is 1. The van der Waals surface area contributed by atoms with Crippen LogP contribution in [0.4, 0.5) is 5.69 Å². The van der Waals surface area contributed by atoms with Gasteiger partial charge >= 0.3 is 0 Å². The Morgan fingerprint density at radius 2 is 1.76 bits per heavy atom. The lowest BCUT2D eigenvalue weighted by atomic mass is 9.83. The Kier molecular flexibility index (Phi) is 7.71. The fourth-order valence-electron chi connectivity index (χ4n) is 6.12. The smallest absolute Gasteiger partial charge is 0.280 e. The van der Waals surface area contributed by atoms with Crippen molar-refractivity contribution in [3.63, 3.8) is 0 Å². The summed E-state index contributed by atoms with van der Waals surface area (Å²) in [6, 6.07) is 27.9. The third-order valence-corrected chi connectivity index (χ3v) is 9.30. The SMILES string of the molecule is COc1cccc([C@H]2C3=C(N=c4s/c(=C/c5cc(OC)c(OCc6ccccc6)cc5[N+](=O)[O-])c(=O)n42)c2ccccc2CC3)c1. The van der Waals surface area contributed by atoms with Gasteiger partial charge in [-0.05, 0) is 59.4 Å². The molecule has 0 fully saturated rings. The van der Waals surface area contributed by atoms with Crippen LogP contribution < -0.4 is 29.1 Å². The molecule has 1 aromatic heterocycles. The number of nitrogens with zero attached hydrogens (tertiary/aromatic N) is 3. The van der Waals surface area contributed by atoms with Crippen molar-refractivity contribution in [3.8, 4) is 17.2 Å². The van der Waals surface area contributed by atoms with Gasteiger partial charge < -0.3 is 14.2 Å². The summed E-state index contributed by atoms with van der Waals surface area (Å²) in [7, 11) is 3.09. The summed E-state index contributed by atoms with van der Waals surface area (Å²) in [5.41, 5.74) is 5.76. The summed E-state index contributed by atoms with van der Waals surface area (Å²) in [5.74, 6) is 1.25. The predicted molar refractivity (Wildman–Crippen MR) is 176 cm³/mol. The molecule has 9 nitrogen and oxygen atoms in total. The maximum atomic E-state index is 14.2. The summed E-state index contributed by atoms with van der Waals surface area (Å²) in [6.45, 7) is 0.213. The molecule has 10 heteroatoms. The van der Waals surface area contributed by atoms with Gasteiger partial charge in [0.1, 0.15) is 12.4 Å². The van der Waals surface area contributed by atoms with Crippen molar-refractivity contribution in [2.45, 2.75) is 25.5 Å². The van der Waals surface area contributed by atoms with E-state index in [2.05, 4.69) is 12.1 Å². The third kappa shape index (κ3) is 5.26. The van der Waals surface area contributed by atoms with E-state index in [9.17, 15) is 14.9 Å². The molecule has 46 heavy (non-hydrogen) atoms. The second kappa shape index (κ2) is 12.1. The first-order chi connectivity index (χ1) is 22.4. The number of allylic oxidation sites excluding steroid dienone is 1. The number of fused-ring (bicyclic) bond motifs is 3. The Morgan fingerprint density at radius 1 is 0.957 bits per heavy atom. The molecule has 0 saturated carbocycles. The van der Waals surface area contributed by atoms with Crippen molar-refractivity contribution in [2.24, 2.45) is 4.99 Å². The van der Waals surface area contributed by atoms with Crippen LogP contribution >= 0.6 is 11.3 Å². The average molecular weight is 632 g/mol. The Labute approximate surface area is 268 Å². The number of methoxy groups -OCH3 is 2. The van der Waals surface area contributed by atoms with Gasteiger partial charge in [0.15, 0.2) is 16.3 Å². The number of ether oxygens (including phenoxy) is 3. The van der Waals surface area contributed by atoms with Crippen molar-refractivity contribution >= 4 is 28.8 Å². The van der Waals surface area contributed by atoms with E-state index in [1.165, 1.54) is 36.1 Å². The molecule has 230 valence electrons. The first-order valence-electron chi connectivity index (χ1n) is 14.8. The molecular formula is C36H29N3O6S. The Balaban J connectivity index is 1.38. The van der Waals surface area contributed by atoms with Crippen LogP contribution in [0.1, 0.15) is 40.3 Å². The maximum absolute atomic E-state index is 14.2. The van der Waals surface area contributed by atoms with Crippen LogP contribution in [-0.4, -0.2) is 23.7 Å². The van der Waals surface area contributed by atoms with Crippen LogP contribution in [0.3, 0.4) is 0 Å². The second-order valence-electron chi connectivity index (χ2n) is 11.0. The molecule has 2 heterocycles. The van der Waals surface area contributed by atoms with Gasteiger partial charge in [-0.3, -0.25) is 19.5 Å². The van der Waals surface area contributed by atoms with Crippen LogP contribution in [-0.2, 0) is 13.0 Å². The molecule has 0 unspecified atom stereocenters. The minimum absolute atomic E-state index is 0.202. The second-order valence-corrected chi connectivity index (χ2v) is 12.0. The lowest BCUT2D eigenvalue weighted by molar-refractivity contribution is -0.385. The molecular weight excluding hydrogens is 602 g/mol. The third-order valence-electron chi connectivity index (χ3n) is 8.32. The van der Waals surface area contributed by atoms with Crippen molar-refractivity contribution in [3.05, 3.63) is 154 Å². The highest BCUT2D eigenvalue weighted by Gasteiger charge is 2.33. The van der Waals surface area contributed by atoms with Crippen molar-refractivity contribution in [1.29, 1.82) is 0 Å². The quantitative estimate of drug-likeness (QED) is 0.158. The fourth-order valence-corrected chi connectivity index (χ4v) is 7.11. The van der Waals surface area contributed by atoms with Gasteiger partial charge in [0.05, 0.1) is 47.0 Å². The van der Waals surface area contributed by atoms with E-state index in [1.54, 1.807) is 17.8 Å². The van der Waals surface area contributed by atoms with Gasteiger partial charge in [-0.25, -0.2) is 4.99 Å². The van der Waals surface area contributed by atoms with E-state index < -0.39 is 11.0 Å². The molecule has 0 N–H and O–H groups in total. The van der Waals surface area contributed by atoms with Gasteiger partial charge in [0, 0.05) is 5.56 Å². The number of hydrogen-bond acceptors (Lipinski definition) is 8. The van der Waals surface area contributed by atoms with Crippen LogP contribution in [0.15, 0.2) is 106 Å². The molecule has 1 aliphatic heterocycles. The summed E-state index contributed by atoms with van der Waals surface area (Å²) >= 11 is 1.21. The Morgan fingerprint density at radius 3 is 2.54 bits per heavy atom. The van der Waals surface area contributed by atoms with Crippen LogP contribution in [0.5, 0.6) is 17.2 Å². The van der Waals surface area contributed by atoms with E-state index in [0.29, 0.717) is 20.8 Å². The van der Waals surface area contributed by atoms with Gasteiger partial charge in [-0.1, -0.05) is 78.1 Å². The van der Waals surface area contributed by atoms with Gasteiger partial charge in [-0.2, -0.15) is 0 Å². The zero-order chi connectivity index (χ0) is 31.8. The lowest BCUT2D eigenvalue weighted by Crippen LogP contribution is -2.38. The minimum Gasteiger partial charge on any atom is -0.497 e. The molecule has 0 radical (unpaired) electrons. The molecule has 7 rings (SSSR count). The minimum atomic E-state index is -0.480. The highest BCUT2D eigenvalue weighted by atomic mass is 32.1. The number of thiazole rings is 1. The number of nitro benzene ring substituents is 1. The van der Waals surface area contributed by atoms with Crippen molar-refractivity contribution in [2.75, 3.05) is 14.2 Å². The van der Waals surface area contributed by atoms with E-state index in [1.807, 2.05) is 66.7 Å². The van der Waals surface area contributed by atoms with Crippen molar-refractivity contribution < 1.29 is 19.1 Å². The highest BCUT2D eigenvalue weighted by molar-refractivity contribution is 7.07. The first kappa shape index (κ1) is 29.2. The number of hydrogen-bond donors (Lipinski definition) is 0. The summed E-state index contributed by atoms with van der Waals surface area (Å²) < 4.78 is 19.1. The molecule has 1 aliphatic carbocycles. The molecule has 0 spiro atoms. The Hall–Kier alpha value is -5.48. The monoisotopic (exact) mass is 631 g/mol. The van der Waals surface area contributed by atoms with E-state index >= 15 is 0 Å². The fraction of sp³-hybridized carbons (Fsp3) is 0.167. The van der Waals surface area contributed by atoms with E-state index in [0.717, 1.165) is 40.8 Å². The molecule has 0 amide bonds. The first-order valence-corrected chi connectivity index (χ1v) is 15.6. The molecule has 5 aromatic rings. The van der Waals surface area contributed by atoms with Crippen LogP contribution in [0, 0.1) is 10.1 Å². The largest absolute Gasteiger partial charge is 0.497 e. The highest BCUT2D eigenvalue weighted by Crippen LogP contribution is 2.42. The Bertz CT molecular complexity index is 2200. The van der Waals surface area contributed by atoms with Gasteiger partial charge in [0.2, 0.25) is 0 Å². The van der Waals surface area contributed by atoms with Crippen LogP contribution in [0.25, 0.3) is 11.8 Å². The predicted octanol–water partition coefficient (Wildman–Crippen LogP) is 5.82. The average Bonchev–Trinajstić information content (AvgIpc) is 3.40.